The lowest BCUT2D eigenvalue weighted by atomic mass is 9.91. The van der Waals surface area contributed by atoms with E-state index in [0.29, 0.717) is 15.4 Å². The Morgan fingerprint density at radius 1 is 1.24 bits per heavy atom. The van der Waals surface area contributed by atoms with Gasteiger partial charge in [0, 0.05) is 22.5 Å². The molecule has 29 heavy (non-hydrogen) atoms. The second-order valence-electron chi connectivity index (χ2n) is 9.42. The van der Waals surface area contributed by atoms with E-state index in [1.54, 1.807) is 38.8 Å². The van der Waals surface area contributed by atoms with Gasteiger partial charge in [-0.15, -0.1) is 0 Å². The van der Waals surface area contributed by atoms with Crippen LogP contribution in [0.15, 0.2) is 12.1 Å². The molecule has 2 amide bonds. The number of aldehydes is 1. The maximum atomic E-state index is 13.1. The lowest BCUT2D eigenvalue weighted by Gasteiger charge is -2.39. The summed E-state index contributed by atoms with van der Waals surface area (Å²) in [6.45, 7) is 11.3. The highest BCUT2D eigenvalue weighted by atomic mass is 127. The first kappa shape index (κ1) is 23.4. The van der Waals surface area contributed by atoms with Crippen molar-refractivity contribution in [2.75, 3.05) is 7.05 Å². The summed E-state index contributed by atoms with van der Waals surface area (Å²) < 4.78 is 6.33. The van der Waals surface area contributed by atoms with Crippen LogP contribution in [0.3, 0.4) is 0 Å². The molecular weight excluding hydrogens is 487 g/mol. The zero-order chi connectivity index (χ0) is 22.3. The third kappa shape index (κ3) is 5.02. The first-order chi connectivity index (χ1) is 13.2. The summed E-state index contributed by atoms with van der Waals surface area (Å²) in [4.78, 5) is 40.6. The highest BCUT2D eigenvalue weighted by Crippen LogP contribution is 2.37. The van der Waals surface area contributed by atoms with Crippen LogP contribution in [0.25, 0.3) is 0 Å². The van der Waals surface area contributed by atoms with Crippen molar-refractivity contribution in [1.29, 1.82) is 0 Å². The topological polar surface area (TPSA) is 87.2 Å². The molecule has 7 nitrogen and oxygen atoms in total. The fourth-order valence-electron chi connectivity index (χ4n) is 3.64. The first-order valence-corrected chi connectivity index (χ1v) is 10.5. The van der Waals surface area contributed by atoms with E-state index in [1.807, 2.05) is 20.8 Å². The summed E-state index contributed by atoms with van der Waals surface area (Å²) in [5.74, 6) is -0.299. The third-order valence-electron chi connectivity index (χ3n) is 4.71. The molecule has 1 saturated heterocycles. The average Bonchev–Trinajstić information content (AvgIpc) is 2.80. The number of nitrogens with zero attached hydrogens (tertiary/aromatic N) is 2. The number of carbonyl (C=O) groups excluding carboxylic acids is 3. The Balaban J connectivity index is 2.51. The predicted molar refractivity (Wildman–Crippen MR) is 118 cm³/mol. The number of phenols is 1. The minimum absolute atomic E-state index is 0.111. The Hall–Kier alpha value is -1.84. The van der Waals surface area contributed by atoms with Gasteiger partial charge in [0.25, 0.3) is 0 Å². The number of amides is 2. The predicted octanol–water partition coefficient (Wildman–Crippen LogP) is 3.80. The molecule has 0 aromatic heterocycles. The van der Waals surface area contributed by atoms with Crippen LogP contribution in [0, 0.1) is 8.99 Å². The normalized spacial score (nSPS) is 20.2. The number of carbonyl (C=O) groups is 3. The molecule has 1 N–H and O–H groups in total. The van der Waals surface area contributed by atoms with E-state index in [9.17, 15) is 19.5 Å². The molecule has 0 unspecified atom stereocenters. The molecule has 0 spiro atoms. The van der Waals surface area contributed by atoms with Gasteiger partial charge in [-0.2, -0.15) is 0 Å². The van der Waals surface area contributed by atoms with Gasteiger partial charge in [0.1, 0.15) is 23.6 Å². The van der Waals surface area contributed by atoms with Gasteiger partial charge in [-0.1, -0.05) is 20.8 Å². The molecule has 1 aromatic rings. The number of phenolic OH excluding ortho intramolecular Hbond substituents is 1. The molecule has 0 saturated carbocycles. The standard InChI is InChI=1S/C21H29IN2O5/c1-20(2,3)18-23(7)17(27)15(24(18)19(28)29-21(4,5)6)9-12-8-13(11-25)16(26)10-14(12)22/h8,10-11,15,18,26H,9H2,1-7H3/t15-,18-/m0/s1. The Bertz CT molecular complexity index is 826. The van der Waals surface area contributed by atoms with E-state index >= 15 is 0 Å². The molecule has 8 heteroatoms. The van der Waals surface area contributed by atoms with Crippen LogP contribution in [0.4, 0.5) is 4.79 Å². The molecule has 160 valence electrons. The second-order valence-corrected chi connectivity index (χ2v) is 10.6. The summed E-state index contributed by atoms with van der Waals surface area (Å²) in [6, 6.07) is 2.29. The Morgan fingerprint density at radius 2 is 1.83 bits per heavy atom. The lowest BCUT2D eigenvalue weighted by molar-refractivity contribution is -0.129. The fraction of sp³-hybridized carbons (Fsp3) is 0.571. The van der Waals surface area contributed by atoms with E-state index in [2.05, 4.69) is 22.6 Å². The van der Waals surface area contributed by atoms with E-state index in [-0.39, 0.29) is 23.6 Å². The smallest absolute Gasteiger partial charge is 0.412 e. The molecular formula is C21H29IN2O5. The summed E-state index contributed by atoms with van der Waals surface area (Å²) in [5, 5.41) is 9.89. The van der Waals surface area contributed by atoms with Crippen LogP contribution in [-0.4, -0.2) is 58.0 Å². The fourth-order valence-corrected chi connectivity index (χ4v) is 4.31. The molecule has 1 aromatic carbocycles. The number of benzene rings is 1. The van der Waals surface area contributed by atoms with Crippen molar-refractivity contribution in [1.82, 2.24) is 9.80 Å². The van der Waals surface area contributed by atoms with Crippen LogP contribution in [0.2, 0.25) is 0 Å². The molecule has 0 aliphatic carbocycles. The lowest BCUT2D eigenvalue weighted by Crippen LogP contribution is -2.52. The van der Waals surface area contributed by atoms with Crippen molar-refractivity contribution in [3.63, 3.8) is 0 Å². The number of hydrogen-bond donors (Lipinski definition) is 1. The maximum Gasteiger partial charge on any atom is 0.412 e. The first-order valence-electron chi connectivity index (χ1n) is 9.42. The average molecular weight is 516 g/mol. The molecule has 1 heterocycles. The van der Waals surface area contributed by atoms with Crippen LogP contribution in [-0.2, 0) is 16.0 Å². The minimum Gasteiger partial charge on any atom is -0.507 e. The Kier molecular flexibility index (Phi) is 6.56. The van der Waals surface area contributed by atoms with Gasteiger partial charge >= 0.3 is 6.09 Å². The van der Waals surface area contributed by atoms with Crippen molar-refractivity contribution in [3.05, 3.63) is 26.8 Å². The number of likely N-dealkylation sites (N-methyl/N-ethyl adjacent to an activating group) is 1. The quantitative estimate of drug-likeness (QED) is 0.488. The van der Waals surface area contributed by atoms with Gasteiger partial charge in [-0.05, 0) is 61.1 Å². The van der Waals surface area contributed by atoms with Gasteiger partial charge in [0.05, 0.1) is 5.56 Å². The van der Waals surface area contributed by atoms with E-state index < -0.39 is 29.3 Å². The number of hydrogen-bond acceptors (Lipinski definition) is 5. The van der Waals surface area contributed by atoms with Crippen molar-refractivity contribution in [2.24, 2.45) is 5.41 Å². The summed E-state index contributed by atoms with van der Waals surface area (Å²) in [7, 11) is 1.69. The molecule has 1 aliphatic rings. The summed E-state index contributed by atoms with van der Waals surface area (Å²) >= 11 is 2.05. The van der Waals surface area contributed by atoms with Crippen molar-refractivity contribution >= 4 is 40.9 Å². The summed E-state index contributed by atoms with van der Waals surface area (Å²) in [6.07, 6.45) is -0.241. The molecule has 2 atom stereocenters. The largest absolute Gasteiger partial charge is 0.507 e. The van der Waals surface area contributed by atoms with Gasteiger partial charge < -0.3 is 14.7 Å². The van der Waals surface area contributed by atoms with E-state index in [0.717, 1.165) is 0 Å². The Morgan fingerprint density at radius 3 is 2.31 bits per heavy atom. The monoisotopic (exact) mass is 516 g/mol. The molecule has 0 bridgehead atoms. The van der Waals surface area contributed by atoms with Crippen LogP contribution < -0.4 is 0 Å². The maximum absolute atomic E-state index is 13.1. The van der Waals surface area contributed by atoms with Crippen molar-refractivity contribution in [3.8, 4) is 5.75 Å². The highest BCUT2D eigenvalue weighted by Gasteiger charge is 2.52. The zero-order valence-corrected chi connectivity index (χ0v) is 20.1. The van der Waals surface area contributed by atoms with Gasteiger partial charge in [-0.25, -0.2) is 4.79 Å². The minimum atomic E-state index is -0.767. The SMILES string of the molecule is CN1C(=O)[C@H](Cc2cc(C=O)c(O)cc2I)N(C(=O)OC(C)(C)C)[C@H]1C(C)(C)C. The van der Waals surface area contributed by atoms with Crippen molar-refractivity contribution < 1.29 is 24.2 Å². The molecule has 0 radical (unpaired) electrons. The van der Waals surface area contributed by atoms with Crippen LogP contribution in [0.5, 0.6) is 5.75 Å². The van der Waals surface area contributed by atoms with Crippen molar-refractivity contribution in [2.45, 2.75) is 65.8 Å². The number of rotatable bonds is 3. The molecule has 1 aliphatic heterocycles. The Labute approximate surface area is 185 Å². The third-order valence-corrected chi connectivity index (χ3v) is 5.72. The van der Waals surface area contributed by atoms with Gasteiger partial charge in [0.15, 0.2) is 6.29 Å². The number of ether oxygens (including phenoxy) is 1. The van der Waals surface area contributed by atoms with E-state index in [1.165, 1.54) is 11.0 Å². The van der Waals surface area contributed by atoms with Crippen LogP contribution in [0.1, 0.15) is 57.5 Å². The van der Waals surface area contributed by atoms with E-state index in [4.69, 9.17) is 4.74 Å². The number of aromatic hydroxyl groups is 1. The zero-order valence-electron chi connectivity index (χ0n) is 17.9. The van der Waals surface area contributed by atoms with Gasteiger partial charge in [-0.3, -0.25) is 14.5 Å². The number of halogens is 1. The molecule has 1 fully saturated rings. The molecule has 2 rings (SSSR count). The summed E-state index contributed by atoms with van der Waals surface area (Å²) in [5.41, 5.74) is -0.242. The van der Waals surface area contributed by atoms with Crippen LogP contribution >= 0.6 is 22.6 Å². The second kappa shape index (κ2) is 8.12. The highest BCUT2D eigenvalue weighted by molar-refractivity contribution is 14.1. The van der Waals surface area contributed by atoms with Gasteiger partial charge in [0.2, 0.25) is 5.91 Å².